The van der Waals surface area contributed by atoms with Gasteiger partial charge in [-0.1, -0.05) is 0 Å². The van der Waals surface area contributed by atoms with Gasteiger partial charge in [0.1, 0.15) is 4.60 Å². The van der Waals surface area contributed by atoms with Crippen molar-refractivity contribution in [1.29, 1.82) is 0 Å². The number of hydrogen-bond donors (Lipinski definition) is 0. The van der Waals surface area contributed by atoms with Crippen molar-refractivity contribution < 1.29 is 26.7 Å². The minimum atomic E-state index is -5.07. The first kappa shape index (κ1) is 14.4. The van der Waals surface area contributed by atoms with Crippen LogP contribution < -0.4 is 4.74 Å². The van der Waals surface area contributed by atoms with Gasteiger partial charge in [-0.05, 0) is 15.9 Å². The fourth-order valence-corrected chi connectivity index (χ4v) is 1.98. The van der Waals surface area contributed by atoms with Crippen molar-refractivity contribution in [2.75, 3.05) is 0 Å². The highest BCUT2D eigenvalue weighted by Gasteiger charge is 2.34. The molecule has 0 amide bonds. The van der Waals surface area contributed by atoms with Crippen molar-refractivity contribution in [3.05, 3.63) is 21.9 Å². The first-order valence-corrected chi connectivity index (χ1v) is 5.36. The second-order valence-corrected chi connectivity index (χ2v) is 3.81. The molecule has 0 saturated heterocycles. The first-order valence-electron chi connectivity index (χ1n) is 4.03. The lowest BCUT2D eigenvalue weighted by molar-refractivity contribution is -0.275. The molecule has 0 spiro atoms. The molecule has 2 nitrogen and oxygen atoms in total. The predicted octanol–water partition coefficient (Wildman–Crippen LogP) is 4.42. The minimum absolute atomic E-state index is 0.0441. The minimum Gasteiger partial charge on any atom is -0.404 e. The quantitative estimate of drug-likeness (QED) is 0.462. The zero-order chi connectivity index (χ0) is 13.2. The summed E-state index contributed by atoms with van der Waals surface area (Å²) in [5.74, 6) is -1.46. The number of aromatic nitrogens is 1. The summed E-state index contributed by atoms with van der Waals surface area (Å²) < 4.78 is 64.7. The number of halogens is 7. The lowest BCUT2D eigenvalue weighted by Crippen LogP contribution is -2.19. The highest BCUT2D eigenvalue weighted by Crippen LogP contribution is 2.38. The number of alkyl halides is 6. The maximum absolute atomic E-state index is 12.7. The van der Waals surface area contributed by atoms with E-state index in [4.69, 9.17) is 11.6 Å². The number of rotatable bonds is 3. The van der Waals surface area contributed by atoms with E-state index in [0.717, 1.165) is 0 Å². The molecule has 0 aliphatic carbocycles. The summed E-state index contributed by atoms with van der Waals surface area (Å²) in [6, 6.07) is 0. The van der Waals surface area contributed by atoms with Crippen molar-refractivity contribution in [1.82, 2.24) is 4.98 Å². The van der Waals surface area contributed by atoms with Crippen LogP contribution in [-0.4, -0.2) is 11.3 Å². The molecule has 0 radical (unpaired) electrons. The average molecular weight is 340 g/mol. The molecule has 1 aromatic heterocycles. The molecule has 9 heteroatoms. The third kappa shape index (κ3) is 3.67. The van der Waals surface area contributed by atoms with Crippen molar-refractivity contribution in [2.45, 2.75) is 18.7 Å². The van der Waals surface area contributed by atoms with Gasteiger partial charge in [0.25, 0.3) is 6.43 Å². The van der Waals surface area contributed by atoms with E-state index in [0.29, 0.717) is 6.20 Å². The summed E-state index contributed by atoms with van der Waals surface area (Å²) in [6.07, 6.45) is -7.65. The molecule has 0 fully saturated rings. The normalized spacial score (nSPS) is 12.0. The number of nitrogens with zero attached hydrogens (tertiary/aromatic N) is 1. The van der Waals surface area contributed by atoms with E-state index in [-0.39, 0.29) is 10.2 Å². The number of hydrogen-bond acceptors (Lipinski definition) is 2. The van der Waals surface area contributed by atoms with Gasteiger partial charge in [-0.2, -0.15) is 0 Å². The Balaban J connectivity index is 3.30. The second kappa shape index (κ2) is 5.34. The van der Waals surface area contributed by atoms with E-state index < -0.39 is 30.0 Å². The lowest BCUT2D eigenvalue weighted by Gasteiger charge is -2.15. The Morgan fingerprint density at radius 2 is 2.00 bits per heavy atom. The molecular formula is C8H4BrClF5NO. The maximum atomic E-state index is 12.7. The topological polar surface area (TPSA) is 22.1 Å². The third-order valence-electron chi connectivity index (χ3n) is 1.71. The largest absolute Gasteiger partial charge is 0.573 e. The molecule has 0 saturated carbocycles. The Morgan fingerprint density at radius 1 is 1.41 bits per heavy atom. The first-order chi connectivity index (χ1) is 7.76. The van der Waals surface area contributed by atoms with Crippen LogP contribution >= 0.6 is 27.5 Å². The van der Waals surface area contributed by atoms with E-state index in [9.17, 15) is 22.0 Å². The van der Waals surface area contributed by atoms with Gasteiger partial charge in [-0.15, -0.1) is 24.8 Å². The summed E-state index contributed by atoms with van der Waals surface area (Å²) in [5.41, 5.74) is -1.15. The summed E-state index contributed by atoms with van der Waals surface area (Å²) >= 11 is 8.21. The van der Waals surface area contributed by atoms with E-state index in [2.05, 4.69) is 25.7 Å². The summed E-state index contributed by atoms with van der Waals surface area (Å²) in [5, 5.41) is 0. The van der Waals surface area contributed by atoms with Crippen molar-refractivity contribution in [3.63, 3.8) is 0 Å². The molecule has 1 aromatic rings. The summed E-state index contributed by atoms with van der Waals surface area (Å²) in [6.45, 7) is 0. The van der Waals surface area contributed by atoms with Crippen LogP contribution in [0.4, 0.5) is 22.0 Å². The van der Waals surface area contributed by atoms with Gasteiger partial charge in [0, 0.05) is 5.56 Å². The molecule has 96 valence electrons. The molecule has 0 atom stereocenters. The third-order valence-corrected chi connectivity index (χ3v) is 2.66. The zero-order valence-corrected chi connectivity index (χ0v) is 10.2. The van der Waals surface area contributed by atoms with Crippen LogP contribution in [0.25, 0.3) is 0 Å². The Hall–Kier alpha value is -0.630. The molecule has 1 heterocycles. The lowest BCUT2D eigenvalue weighted by atomic mass is 10.1. The van der Waals surface area contributed by atoms with Crippen LogP contribution in [0.3, 0.4) is 0 Å². The van der Waals surface area contributed by atoms with E-state index in [1.165, 1.54) is 0 Å². The number of ether oxygens (including phenoxy) is 1. The van der Waals surface area contributed by atoms with Crippen LogP contribution in [0.5, 0.6) is 5.75 Å². The van der Waals surface area contributed by atoms with Gasteiger partial charge in [0.15, 0.2) is 5.75 Å². The van der Waals surface area contributed by atoms with Gasteiger partial charge in [0.05, 0.1) is 17.6 Å². The van der Waals surface area contributed by atoms with Crippen molar-refractivity contribution >= 4 is 27.5 Å². The highest BCUT2D eigenvalue weighted by molar-refractivity contribution is 9.10. The smallest absolute Gasteiger partial charge is 0.404 e. The fourth-order valence-electron chi connectivity index (χ4n) is 1.09. The number of pyridine rings is 1. The SMILES string of the molecule is FC(F)c1c(OC(F)(F)F)cnc(Br)c1CCl. The van der Waals surface area contributed by atoms with Crippen LogP contribution in [0.1, 0.15) is 17.6 Å². The summed E-state index contributed by atoms with van der Waals surface area (Å²) in [7, 11) is 0. The van der Waals surface area contributed by atoms with Gasteiger partial charge in [0.2, 0.25) is 0 Å². The molecule has 1 rings (SSSR count). The standard InChI is InChI=1S/C8H4BrClF5NO/c9-6-3(1-10)5(7(11)12)4(2-16-6)17-8(13,14)15/h2,7H,1H2. The highest BCUT2D eigenvalue weighted by atomic mass is 79.9. The van der Waals surface area contributed by atoms with Gasteiger partial charge in [-0.25, -0.2) is 13.8 Å². The molecular weight excluding hydrogens is 336 g/mol. The molecule has 0 unspecified atom stereocenters. The molecule has 0 aliphatic heterocycles. The fraction of sp³-hybridized carbons (Fsp3) is 0.375. The molecule has 0 bridgehead atoms. The van der Waals surface area contributed by atoms with Crippen LogP contribution in [0.15, 0.2) is 10.8 Å². The Labute approximate surface area is 106 Å². The zero-order valence-electron chi connectivity index (χ0n) is 7.86. The van der Waals surface area contributed by atoms with E-state index in [1.807, 2.05) is 0 Å². The maximum Gasteiger partial charge on any atom is 0.573 e. The van der Waals surface area contributed by atoms with Crippen LogP contribution in [0, 0.1) is 0 Å². The van der Waals surface area contributed by atoms with Gasteiger partial charge < -0.3 is 4.74 Å². The molecule has 0 aliphatic rings. The van der Waals surface area contributed by atoms with E-state index in [1.54, 1.807) is 0 Å². The Bertz CT molecular complexity index is 412. The predicted molar refractivity (Wildman–Crippen MR) is 53.1 cm³/mol. The molecule has 17 heavy (non-hydrogen) atoms. The van der Waals surface area contributed by atoms with Gasteiger partial charge in [-0.3, -0.25) is 0 Å². The van der Waals surface area contributed by atoms with Crippen molar-refractivity contribution in [3.8, 4) is 5.75 Å². The second-order valence-electron chi connectivity index (χ2n) is 2.79. The van der Waals surface area contributed by atoms with Gasteiger partial charge >= 0.3 is 6.36 Å². The summed E-state index contributed by atoms with van der Waals surface area (Å²) in [4.78, 5) is 3.45. The van der Waals surface area contributed by atoms with Crippen LogP contribution in [0.2, 0.25) is 0 Å². The average Bonchev–Trinajstić information content (AvgIpc) is 2.17. The monoisotopic (exact) mass is 339 g/mol. The Morgan fingerprint density at radius 3 is 2.41 bits per heavy atom. The van der Waals surface area contributed by atoms with E-state index >= 15 is 0 Å². The molecule has 0 aromatic carbocycles. The van der Waals surface area contributed by atoms with Crippen LogP contribution in [-0.2, 0) is 5.88 Å². The Kier molecular flexibility index (Phi) is 4.54. The van der Waals surface area contributed by atoms with Crippen molar-refractivity contribution in [2.24, 2.45) is 0 Å². The molecule has 0 N–H and O–H groups in total.